The predicted molar refractivity (Wildman–Crippen MR) is 95.6 cm³/mol. The first kappa shape index (κ1) is 18.2. The molecule has 138 valence electrons. The summed E-state index contributed by atoms with van der Waals surface area (Å²) in [6.45, 7) is 6.15. The number of nitrogens with zero attached hydrogens (tertiary/aromatic N) is 1. The molecule has 1 heterocycles. The fourth-order valence-electron chi connectivity index (χ4n) is 4.08. The van der Waals surface area contributed by atoms with Gasteiger partial charge < -0.3 is 19.5 Å². The van der Waals surface area contributed by atoms with Gasteiger partial charge >= 0.3 is 0 Å². The Bertz CT molecular complexity index is 593. The number of carbonyl (C=O) groups excluding carboxylic acids is 1. The van der Waals surface area contributed by atoms with E-state index in [0.29, 0.717) is 19.7 Å². The molecule has 1 amide bonds. The Hall–Kier alpha value is -1.59. The van der Waals surface area contributed by atoms with Gasteiger partial charge in [0.2, 0.25) is 0 Å². The number of hydrogen-bond donors (Lipinski definition) is 1. The molecule has 1 aromatic carbocycles. The third-order valence-electron chi connectivity index (χ3n) is 5.83. The molecule has 0 radical (unpaired) electrons. The minimum atomic E-state index is -0.297. The summed E-state index contributed by atoms with van der Waals surface area (Å²) in [5, 5.41) is 10.2. The maximum atomic E-state index is 12.4. The monoisotopic (exact) mass is 347 g/mol. The number of piperidine rings is 1. The number of ether oxygens (including phenoxy) is 2. The molecular weight excluding hydrogens is 318 g/mol. The van der Waals surface area contributed by atoms with Crippen molar-refractivity contribution in [1.82, 2.24) is 4.90 Å². The highest BCUT2D eigenvalue weighted by Gasteiger charge is 2.56. The SMILES string of the molecule is CCO[C@H]1C[C@H](O)C12CCN(C(=O)COc1cccc(CC)c1)CC2. The molecule has 0 bridgehead atoms. The third kappa shape index (κ3) is 3.67. The van der Waals surface area contributed by atoms with E-state index in [1.807, 2.05) is 30.0 Å². The predicted octanol–water partition coefficient (Wildman–Crippen LogP) is 2.41. The Morgan fingerprint density at radius 2 is 2.08 bits per heavy atom. The molecule has 1 aliphatic heterocycles. The van der Waals surface area contributed by atoms with E-state index in [9.17, 15) is 9.90 Å². The first-order valence-corrected chi connectivity index (χ1v) is 9.38. The molecule has 0 unspecified atom stereocenters. The van der Waals surface area contributed by atoms with Crippen molar-refractivity contribution in [3.63, 3.8) is 0 Å². The third-order valence-corrected chi connectivity index (χ3v) is 5.83. The zero-order chi connectivity index (χ0) is 17.9. The molecule has 3 rings (SSSR count). The molecule has 1 aliphatic carbocycles. The highest BCUT2D eigenvalue weighted by molar-refractivity contribution is 5.77. The summed E-state index contributed by atoms with van der Waals surface area (Å²) in [6.07, 6.45) is 3.11. The Morgan fingerprint density at radius 3 is 2.72 bits per heavy atom. The second kappa shape index (κ2) is 7.75. The molecule has 2 atom stereocenters. The van der Waals surface area contributed by atoms with Crippen LogP contribution in [-0.2, 0) is 16.0 Å². The van der Waals surface area contributed by atoms with Gasteiger partial charge in [-0.1, -0.05) is 19.1 Å². The van der Waals surface area contributed by atoms with Crippen LogP contribution in [0.5, 0.6) is 5.75 Å². The van der Waals surface area contributed by atoms with Crippen LogP contribution in [0, 0.1) is 5.41 Å². The number of rotatable bonds is 6. The van der Waals surface area contributed by atoms with Crippen LogP contribution in [-0.4, -0.2) is 54.4 Å². The molecule has 1 saturated carbocycles. The van der Waals surface area contributed by atoms with Crippen LogP contribution in [0.3, 0.4) is 0 Å². The lowest BCUT2D eigenvalue weighted by molar-refractivity contribution is -0.210. The van der Waals surface area contributed by atoms with Crippen LogP contribution in [0.1, 0.15) is 38.7 Å². The van der Waals surface area contributed by atoms with E-state index in [0.717, 1.165) is 31.4 Å². The zero-order valence-corrected chi connectivity index (χ0v) is 15.2. The summed E-state index contributed by atoms with van der Waals surface area (Å²) in [5.74, 6) is 0.755. The van der Waals surface area contributed by atoms with Crippen molar-refractivity contribution in [2.45, 2.75) is 51.7 Å². The Kier molecular flexibility index (Phi) is 5.64. The summed E-state index contributed by atoms with van der Waals surface area (Å²) in [5.41, 5.74) is 1.05. The maximum absolute atomic E-state index is 12.4. The van der Waals surface area contributed by atoms with Crippen molar-refractivity contribution in [1.29, 1.82) is 0 Å². The van der Waals surface area contributed by atoms with E-state index in [2.05, 4.69) is 13.0 Å². The van der Waals surface area contributed by atoms with E-state index < -0.39 is 0 Å². The summed E-state index contributed by atoms with van der Waals surface area (Å²) < 4.78 is 11.4. The van der Waals surface area contributed by atoms with Gasteiger partial charge in [-0.25, -0.2) is 0 Å². The summed E-state index contributed by atoms with van der Waals surface area (Å²) >= 11 is 0. The number of benzene rings is 1. The largest absolute Gasteiger partial charge is 0.484 e. The second-order valence-electron chi connectivity index (χ2n) is 7.10. The van der Waals surface area contributed by atoms with E-state index >= 15 is 0 Å². The highest BCUT2D eigenvalue weighted by Crippen LogP contribution is 2.50. The van der Waals surface area contributed by atoms with Crippen molar-refractivity contribution >= 4 is 5.91 Å². The molecule has 1 N–H and O–H groups in total. The minimum absolute atomic E-state index is 0.0125. The smallest absolute Gasteiger partial charge is 0.260 e. The van der Waals surface area contributed by atoms with E-state index in [1.54, 1.807) is 0 Å². The summed E-state index contributed by atoms with van der Waals surface area (Å²) in [7, 11) is 0. The number of aryl methyl sites for hydroxylation is 1. The van der Waals surface area contributed by atoms with Gasteiger partial charge in [0.05, 0.1) is 12.2 Å². The summed E-state index contributed by atoms with van der Waals surface area (Å²) in [4.78, 5) is 14.3. The molecule has 0 aromatic heterocycles. The molecule has 5 nitrogen and oxygen atoms in total. The van der Waals surface area contributed by atoms with Crippen LogP contribution >= 0.6 is 0 Å². The molecule has 5 heteroatoms. The molecular formula is C20H29NO4. The molecule has 25 heavy (non-hydrogen) atoms. The lowest BCUT2D eigenvalue weighted by atomic mass is 9.58. The van der Waals surface area contributed by atoms with Gasteiger partial charge in [-0.05, 0) is 43.9 Å². The van der Waals surface area contributed by atoms with Crippen LogP contribution in [0.25, 0.3) is 0 Å². The van der Waals surface area contributed by atoms with Crippen LogP contribution in [0.2, 0.25) is 0 Å². The zero-order valence-electron chi connectivity index (χ0n) is 15.2. The van der Waals surface area contributed by atoms with Crippen LogP contribution in [0.15, 0.2) is 24.3 Å². The van der Waals surface area contributed by atoms with Gasteiger partial charge in [0.15, 0.2) is 6.61 Å². The second-order valence-corrected chi connectivity index (χ2v) is 7.10. The average Bonchev–Trinajstić information content (AvgIpc) is 2.66. The van der Waals surface area contributed by atoms with Crippen molar-refractivity contribution in [2.75, 3.05) is 26.3 Å². The number of amides is 1. The molecule has 1 saturated heterocycles. The van der Waals surface area contributed by atoms with E-state index in [4.69, 9.17) is 9.47 Å². The van der Waals surface area contributed by atoms with Crippen molar-refractivity contribution in [3.8, 4) is 5.75 Å². The van der Waals surface area contributed by atoms with Gasteiger partial charge in [-0.3, -0.25) is 4.79 Å². The number of hydrogen-bond acceptors (Lipinski definition) is 4. The number of aliphatic hydroxyl groups is 1. The molecule has 1 aromatic rings. The Labute approximate surface area is 149 Å². The number of likely N-dealkylation sites (tertiary alicyclic amines) is 1. The van der Waals surface area contributed by atoms with Crippen LogP contribution in [0.4, 0.5) is 0 Å². The number of aliphatic hydroxyl groups excluding tert-OH is 1. The van der Waals surface area contributed by atoms with E-state index in [1.165, 1.54) is 5.56 Å². The topological polar surface area (TPSA) is 59.0 Å². The minimum Gasteiger partial charge on any atom is -0.484 e. The standard InChI is InChI=1S/C20H29NO4/c1-3-15-6-5-7-16(12-15)25-14-19(23)21-10-8-20(9-11-21)17(22)13-18(20)24-4-2/h5-7,12,17-18,22H,3-4,8-11,13-14H2,1-2H3/t17-,18-/m0/s1. The highest BCUT2D eigenvalue weighted by atomic mass is 16.5. The van der Waals surface area contributed by atoms with Gasteiger partial charge in [0.25, 0.3) is 5.91 Å². The quantitative estimate of drug-likeness (QED) is 0.858. The van der Waals surface area contributed by atoms with E-state index in [-0.39, 0.29) is 30.1 Å². The molecule has 1 spiro atoms. The number of carbonyl (C=O) groups is 1. The average molecular weight is 347 g/mol. The van der Waals surface area contributed by atoms with Crippen molar-refractivity contribution in [3.05, 3.63) is 29.8 Å². The molecule has 2 fully saturated rings. The van der Waals surface area contributed by atoms with Gasteiger partial charge in [-0.15, -0.1) is 0 Å². The first-order valence-electron chi connectivity index (χ1n) is 9.38. The Morgan fingerprint density at radius 1 is 1.32 bits per heavy atom. The lowest BCUT2D eigenvalue weighted by Gasteiger charge is -2.56. The fraction of sp³-hybridized carbons (Fsp3) is 0.650. The normalized spacial score (nSPS) is 24.8. The van der Waals surface area contributed by atoms with Crippen LogP contribution < -0.4 is 4.74 Å². The lowest BCUT2D eigenvalue weighted by Crippen LogP contribution is -2.62. The fourth-order valence-corrected chi connectivity index (χ4v) is 4.08. The van der Waals surface area contributed by atoms with Crippen molar-refractivity contribution < 1.29 is 19.4 Å². The van der Waals surface area contributed by atoms with Gasteiger partial charge in [0.1, 0.15) is 5.75 Å². The van der Waals surface area contributed by atoms with Crippen molar-refractivity contribution in [2.24, 2.45) is 5.41 Å². The van der Waals surface area contributed by atoms with Gasteiger partial charge in [0, 0.05) is 31.5 Å². The van der Waals surface area contributed by atoms with Gasteiger partial charge in [-0.2, -0.15) is 0 Å². The maximum Gasteiger partial charge on any atom is 0.260 e. The Balaban J connectivity index is 1.50. The molecule has 2 aliphatic rings. The first-order chi connectivity index (χ1) is 12.1. The summed E-state index contributed by atoms with van der Waals surface area (Å²) in [6, 6.07) is 7.87.